The molecule has 0 aliphatic carbocycles. The van der Waals surface area contributed by atoms with Crippen LogP contribution in [0.1, 0.15) is 23.6 Å². The van der Waals surface area contributed by atoms with Crippen molar-refractivity contribution in [3.63, 3.8) is 0 Å². The van der Waals surface area contributed by atoms with Gasteiger partial charge in [-0.3, -0.25) is 8.74 Å². The van der Waals surface area contributed by atoms with E-state index >= 15 is 0 Å². The van der Waals surface area contributed by atoms with Crippen LogP contribution < -0.4 is 0 Å². The molecule has 0 atom stereocenters. The summed E-state index contributed by atoms with van der Waals surface area (Å²) in [5, 5.41) is 0. The third-order valence-corrected chi connectivity index (χ3v) is 9.09. The van der Waals surface area contributed by atoms with Crippen molar-refractivity contribution in [1.29, 1.82) is 1.12 Å². The molecule has 0 amide bonds. The maximum absolute atomic E-state index is 12.7. The molecule has 0 spiro atoms. The van der Waals surface area contributed by atoms with Crippen LogP contribution in [0.15, 0.2) is 82.6 Å². The van der Waals surface area contributed by atoms with Gasteiger partial charge in [0.1, 0.15) is 10.6 Å². The van der Waals surface area contributed by atoms with E-state index in [0.29, 0.717) is 27.8 Å². The van der Waals surface area contributed by atoms with Crippen molar-refractivity contribution in [3.05, 3.63) is 95.1 Å². The molecule has 0 aromatic heterocycles. The lowest BCUT2D eigenvalue weighted by Crippen LogP contribution is -2.08. The van der Waals surface area contributed by atoms with Crippen LogP contribution in [0.3, 0.4) is 0 Å². The summed E-state index contributed by atoms with van der Waals surface area (Å²) in [4.78, 5) is -0.490. The highest BCUT2D eigenvalue weighted by Gasteiger charge is 2.23. The van der Waals surface area contributed by atoms with Crippen molar-refractivity contribution in [2.75, 3.05) is 7.11 Å². The molecule has 0 aliphatic rings. The quantitative estimate of drug-likeness (QED) is 0.157. The van der Waals surface area contributed by atoms with E-state index in [-0.39, 0.29) is 38.9 Å². The van der Waals surface area contributed by atoms with Gasteiger partial charge in [-0.15, -0.1) is 0 Å². The number of aryl methyl sites for hydroxylation is 3. The Hall–Kier alpha value is -3.35. The molecule has 8 nitrogen and oxygen atoms in total. The van der Waals surface area contributed by atoms with E-state index in [2.05, 4.69) is 0 Å². The Morgan fingerprint density at radius 3 is 1.98 bits per heavy atom. The second-order valence-electron chi connectivity index (χ2n) is 9.32. The predicted molar refractivity (Wildman–Crippen MR) is 155 cm³/mol. The summed E-state index contributed by atoms with van der Waals surface area (Å²) in [5.41, 5.74) is 3.97. The fraction of sp³-hybridized carbons (Fsp3) is 0.172. The van der Waals surface area contributed by atoms with E-state index in [0.717, 1.165) is 12.7 Å². The summed E-state index contributed by atoms with van der Waals surface area (Å²) in [6.07, 6.45) is 0. The Kier molecular flexibility index (Phi) is 7.56. The van der Waals surface area contributed by atoms with Crippen molar-refractivity contribution in [3.8, 4) is 33.4 Å². The Labute approximate surface area is 238 Å². The van der Waals surface area contributed by atoms with Gasteiger partial charge in [-0.05, 0) is 77.9 Å². The smallest absolute Gasteiger partial charge is 0.285 e. The third-order valence-electron chi connectivity index (χ3n) is 6.40. The van der Waals surface area contributed by atoms with Crippen molar-refractivity contribution in [1.82, 2.24) is 0 Å². The molecule has 1 N–H and O–H groups in total. The summed E-state index contributed by atoms with van der Waals surface area (Å²) < 4.78 is 105. The lowest BCUT2D eigenvalue weighted by Gasteiger charge is -2.16. The summed E-state index contributed by atoms with van der Waals surface area (Å²) >= 11 is 0. The SMILES string of the molecule is [3H]Cc1cc(C)ccc1-c1ccc(-c2ccc(-c3ccc(C)cc3S(=O)(=O)OC)c(CS(=O)(=O)O)c2)cc1S([3H])(=O)=O. The normalized spacial score (nSPS) is 13.1. The topological polar surface area (TPSA) is 132 Å². The molecule has 210 valence electrons. The van der Waals surface area contributed by atoms with E-state index in [4.69, 9.17) is 6.68 Å². The van der Waals surface area contributed by atoms with Crippen LogP contribution >= 0.6 is 0 Å². The first-order chi connectivity index (χ1) is 19.5. The highest BCUT2D eigenvalue weighted by molar-refractivity contribution is 7.87. The van der Waals surface area contributed by atoms with Gasteiger partial charge in [0.25, 0.3) is 20.2 Å². The molecule has 0 fully saturated rings. The largest absolute Gasteiger partial charge is 0.297 e. The number of hydrogen-bond donors (Lipinski definition) is 2. The van der Waals surface area contributed by atoms with Gasteiger partial charge in [0.05, 0.1) is 12.0 Å². The summed E-state index contributed by atoms with van der Waals surface area (Å²) in [7, 11) is -12.3. The molecule has 0 aliphatic heterocycles. The first-order valence-corrected chi connectivity index (χ1v) is 16.0. The average molecular weight is 605 g/mol. The zero-order chi connectivity index (χ0) is 31.0. The van der Waals surface area contributed by atoms with Gasteiger partial charge in [-0.25, -0.2) is 8.42 Å². The molecule has 40 heavy (non-hydrogen) atoms. The van der Waals surface area contributed by atoms with Gasteiger partial charge in [0, 0.05) is 12.5 Å². The molecule has 0 radical (unpaired) electrons. The first-order valence-electron chi connectivity index (χ1n) is 13.0. The molecular formula is C29H28O8S3. The molecule has 4 aromatic rings. The second-order valence-corrected chi connectivity index (χ2v) is 13.4. The van der Waals surface area contributed by atoms with Gasteiger partial charge >= 0.3 is 0 Å². The van der Waals surface area contributed by atoms with Crippen LogP contribution in [-0.2, 0) is 40.8 Å². The zero-order valence-corrected chi connectivity index (χ0v) is 24.3. The second kappa shape index (κ2) is 11.3. The molecule has 4 rings (SSSR count). The number of rotatable bonds is 8. The third kappa shape index (κ3) is 6.34. The fourth-order valence-corrected chi connectivity index (χ4v) is 6.72. The molecule has 0 saturated carbocycles. The van der Waals surface area contributed by atoms with Crippen molar-refractivity contribution < 1.29 is 35.4 Å². The van der Waals surface area contributed by atoms with Gasteiger partial charge in [0.2, 0.25) is 0 Å². The van der Waals surface area contributed by atoms with Gasteiger partial charge < -0.3 is 0 Å². The fourth-order valence-electron chi connectivity index (χ4n) is 4.55. The Bertz CT molecular complexity index is 2020. The van der Waals surface area contributed by atoms with Gasteiger partial charge in [-0.1, -0.05) is 60.2 Å². The minimum Gasteiger partial charge on any atom is -0.285 e. The minimum atomic E-state index is -4.58. The van der Waals surface area contributed by atoms with Crippen molar-refractivity contribution >= 4 is 30.8 Å². The summed E-state index contributed by atoms with van der Waals surface area (Å²) in [6.45, 7) is 3.44. The van der Waals surface area contributed by atoms with E-state index in [1.807, 2.05) is 6.92 Å². The molecule has 0 bridgehead atoms. The van der Waals surface area contributed by atoms with Gasteiger partial charge in [0.15, 0.2) is 11.7 Å². The van der Waals surface area contributed by atoms with E-state index < -0.39 is 36.6 Å². The predicted octanol–water partition coefficient (Wildman–Crippen LogP) is 5.31. The first kappa shape index (κ1) is 26.9. The zero-order valence-electron chi connectivity index (χ0n) is 23.9. The highest BCUT2D eigenvalue weighted by Crippen LogP contribution is 2.37. The maximum atomic E-state index is 12.7. The molecular weight excluding hydrogens is 573 g/mol. The van der Waals surface area contributed by atoms with Crippen LogP contribution in [0, 0.1) is 20.7 Å². The van der Waals surface area contributed by atoms with Crippen molar-refractivity contribution in [2.24, 2.45) is 0 Å². The van der Waals surface area contributed by atoms with Crippen LogP contribution in [0.4, 0.5) is 0 Å². The summed E-state index contributed by atoms with van der Waals surface area (Å²) in [6, 6.07) is 18.7. The Morgan fingerprint density at radius 1 is 0.800 bits per heavy atom. The number of hydrogen-bond acceptors (Lipinski definition) is 7. The Balaban J connectivity index is 1.96. The highest BCUT2D eigenvalue weighted by atomic mass is 32.2. The maximum Gasteiger partial charge on any atom is 0.297 e. The van der Waals surface area contributed by atoms with Gasteiger partial charge in [-0.2, -0.15) is 16.8 Å². The van der Waals surface area contributed by atoms with E-state index in [1.165, 1.54) is 36.4 Å². The van der Waals surface area contributed by atoms with Crippen LogP contribution in [0.25, 0.3) is 33.4 Å². The molecule has 0 unspecified atom stereocenters. The average Bonchev–Trinajstić information content (AvgIpc) is 2.91. The van der Waals surface area contributed by atoms with Crippen molar-refractivity contribution in [2.45, 2.75) is 36.3 Å². The lowest BCUT2D eigenvalue weighted by atomic mass is 9.93. The summed E-state index contributed by atoms with van der Waals surface area (Å²) in [5.74, 6) is -0.853. The number of thiol groups is 1. The van der Waals surface area contributed by atoms with Crippen LogP contribution in [0.2, 0.25) is 0 Å². The monoisotopic (exact) mass is 604 g/mol. The molecule has 11 heteroatoms. The van der Waals surface area contributed by atoms with Crippen LogP contribution in [0.5, 0.6) is 0 Å². The van der Waals surface area contributed by atoms with E-state index in [1.54, 1.807) is 43.3 Å². The Morgan fingerprint density at radius 2 is 1.38 bits per heavy atom. The van der Waals surface area contributed by atoms with Crippen LogP contribution in [-0.4, -0.2) is 38.0 Å². The number of benzene rings is 4. The molecule has 0 heterocycles. The van der Waals surface area contributed by atoms with E-state index in [9.17, 15) is 29.8 Å². The molecule has 0 saturated heterocycles. The molecule has 4 aromatic carbocycles. The lowest BCUT2D eigenvalue weighted by molar-refractivity contribution is 0.398. The standard InChI is InChI=1S/C29H28O8S3/c1-18-5-9-24(20(3)13-18)26-12-8-22(16-28(26)38(30)31)21-7-11-25(23(15-21)17-39(32,33)34)27-10-6-19(2)14-29(27)40(35,36)37-4/h5-16,38H,17H2,1-4H3,(H,32,33,34)/i3T,38T. The minimum absolute atomic E-state index is 0.0563.